The molecule has 4 aromatic rings. The largest absolute Gasteiger partial charge is 0.416 e. The van der Waals surface area contributed by atoms with Crippen molar-refractivity contribution in [3.8, 4) is 0 Å². The van der Waals surface area contributed by atoms with Gasteiger partial charge in [-0.25, -0.2) is 0 Å². The molecule has 1 fully saturated rings. The predicted molar refractivity (Wildman–Crippen MR) is 161 cm³/mol. The number of carbonyl (C=O) groups excluding carboxylic acids is 1. The second kappa shape index (κ2) is 13.2. The van der Waals surface area contributed by atoms with E-state index in [1.807, 2.05) is 73.3 Å². The molecule has 0 N–H and O–H groups in total. The molecule has 3 aromatic carbocycles. The molecule has 2 heterocycles. The van der Waals surface area contributed by atoms with Gasteiger partial charge in [-0.15, -0.1) is 0 Å². The lowest BCUT2D eigenvalue weighted by Crippen LogP contribution is -2.47. The van der Waals surface area contributed by atoms with Gasteiger partial charge in [-0.05, 0) is 55.3 Å². The van der Waals surface area contributed by atoms with Gasteiger partial charge in [0.15, 0.2) is 0 Å². The maximum absolute atomic E-state index is 13.8. The number of piperazine rings is 1. The number of rotatable bonds is 8. The van der Waals surface area contributed by atoms with Crippen LogP contribution in [0.1, 0.15) is 58.1 Å². The molecule has 238 valence electrons. The number of hydrogen-bond donors (Lipinski definition) is 0. The minimum Gasteiger partial charge on any atom is -0.339 e. The first-order chi connectivity index (χ1) is 21.4. The Morgan fingerprint density at radius 3 is 2.13 bits per heavy atom. The molecule has 5 nitrogen and oxygen atoms in total. The summed E-state index contributed by atoms with van der Waals surface area (Å²) in [7, 11) is 0. The Labute approximate surface area is 258 Å². The van der Waals surface area contributed by atoms with Gasteiger partial charge >= 0.3 is 12.4 Å². The molecule has 1 aliphatic heterocycles. The van der Waals surface area contributed by atoms with E-state index in [-0.39, 0.29) is 30.1 Å². The van der Waals surface area contributed by atoms with Crippen LogP contribution in [0.5, 0.6) is 0 Å². The topological polar surface area (TPSA) is 39.7 Å². The zero-order chi connectivity index (χ0) is 32.4. The molecule has 1 amide bonds. The Hall–Kier alpha value is -3.96. The van der Waals surface area contributed by atoms with Gasteiger partial charge in [0.05, 0.1) is 22.7 Å². The summed E-state index contributed by atoms with van der Waals surface area (Å²) < 4.78 is 80.8. The van der Waals surface area contributed by atoms with Crippen LogP contribution in [0.25, 0.3) is 10.9 Å². The lowest BCUT2D eigenvalue weighted by Gasteiger charge is -2.40. The molecule has 0 radical (unpaired) electrons. The monoisotopic (exact) mass is 628 g/mol. The Morgan fingerprint density at radius 2 is 1.51 bits per heavy atom. The molecular formula is C34H34F6N4O. The van der Waals surface area contributed by atoms with Crippen molar-refractivity contribution in [3.05, 3.63) is 112 Å². The molecule has 1 aromatic heterocycles. The van der Waals surface area contributed by atoms with Gasteiger partial charge in [0.1, 0.15) is 0 Å². The standard InChI is InChI=1S/C34H34F6N4O/c1-3-43(4-2)32(45)25-12-10-24(11-13-25)31(28-9-5-7-23-8-6-16-41-30(23)28)44-19-17-42(18-20-44)22-26-14-15-27(33(35,36)37)21-29(26)34(38,39)40/h5-16,21,31H,3-4,17-20,22H2,1-2H3. The van der Waals surface area contributed by atoms with Crippen LogP contribution in [0, 0.1) is 0 Å². The first kappa shape index (κ1) is 32.4. The number of benzene rings is 3. The molecule has 45 heavy (non-hydrogen) atoms. The van der Waals surface area contributed by atoms with E-state index < -0.39 is 23.5 Å². The SMILES string of the molecule is CCN(CC)C(=O)c1ccc(C(c2cccc3cccnc23)N2CCN(Cc3ccc(C(F)(F)F)cc3C(F)(F)F)CC2)cc1. The van der Waals surface area contributed by atoms with E-state index in [0.717, 1.165) is 28.1 Å². The van der Waals surface area contributed by atoms with Crippen molar-refractivity contribution >= 4 is 16.8 Å². The Balaban J connectivity index is 1.42. The molecule has 11 heteroatoms. The van der Waals surface area contributed by atoms with Crippen LogP contribution in [-0.2, 0) is 18.9 Å². The summed E-state index contributed by atoms with van der Waals surface area (Å²) in [6, 6.07) is 18.9. The molecule has 0 aliphatic carbocycles. The van der Waals surface area contributed by atoms with E-state index in [1.165, 1.54) is 0 Å². The van der Waals surface area contributed by atoms with Gasteiger partial charge in [-0.2, -0.15) is 26.3 Å². The molecule has 0 spiro atoms. The third kappa shape index (κ3) is 7.15. The third-order valence-corrected chi connectivity index (χ3v) is 8.39. The Kier molecular flexibility index (Phi) is 9.50. The van der Waals surface area contributed by atoms with Crippen LogP contribution in [0.4, 0.5) is 26.3 Å². The number of alkyl halides is 6. The van der Waals surface area contributed by atoms with Crippen LogP contribution in [0.3, 0.4) is 0 Å². The lowest BCUT2D eigenvalue weighted by atomic mass is 9.93. The maximum Gasteiger partial charge on any atom is 0.416 e. The minimum absolute atomic E-state index is 0.0509. The number of fused-ring (bicyclic) bond motifs is 1. The second-order valence-corrected chi connectivity index (χ2v) is 11.1. The van der Waals surface area contributed by atoms with E-state index in [1.54, 1.807) is 11.1 Å². The van der Waals surface area contributed by atoms with Gasteiger partial charge in [0.2, 0.25) is 0 Å². The molecule has 5 rings (SSSR count). The number of pyridine rings is 1. The zero-order valence-corrected chi connectivity index (χ0v) is 25.0. The van der Waals surface area contributed by atoms with Crippen LogP contribution in [0.15, 0.2) is 79.0 Å². The summed E-state index contributed by atoms with van der Waals surface area (Å²) in [6.07, 6.45) is -8.05. The smallest absolute Gasteiger partial charge is 0.339 e. The van der Waals surface area contributed by atoms with Crippen molar-refractivity contribution in [1.29, 1.82) is 0 Å². The maximum atomic E-state index is 13.8. The molecule has 1 saturated heterocycles. The summed E-state index contributed by atoms with van der Waals surface area (Å²) in [4.78, 5) is 23.4. The number of halogens is 6. The van der Waals surface area contributed by atoms with Crippen LogP contribution >= 0.6 is 0 Å². The van der Waals surface area contributed by atoms with Gasteiger partial charge in [-0.1, -0.05) is 42.5 Å². The van der Waals surface area contributed by atoms with E-state index in [2.05, 4.69) is 9.88 Å². The first-order valence-corrected chi connectivity index (χ1v) is 14.9. The molecular weight excluding hydrogens is 594 g/mol. The summed E-state index contributed by atoms with van der Waals surface area (Å²) in [6.45, 7) is 6.75. The van der Waals surface area contributed by atoms with Crippen molar-refractivity contribution in [1.82, 2.24) is 19.7 Å². The van der Waals surface area contributed by atoms with E-state index in [9.17, 15) is 31.1 Å². The minimum atomic E-state index is -4.91. The predicted octanol–water partition coefficient (Wildman–Crippen LogP) is 7.66. The van der Waals surface area contributed by atoms with Crippen molar-refractivity contribution in [2.24, 2.45) is 0 Å². The number of hydrogen-bond acceptors (Lipinski definition) is 4. The fourth-order valence-corrected chi connectivity index (χ4v) is 6.01. The highest BCUT2D eigenvalue weighted by atomic mass is 19.4. The Morgan fingerprint density at radius 1 is 0.844 bits per heavy atom. The second-order valence-electron chi connectivity index (χ2n) is 11.1. The zero-order valence-electron chi connectivity index (χ0n) is 25.0. The normalized spacial score (nSPS) is 15.7. The van der Waals surface area contributed by atoms with Gasteiger partial charge < -0.3 is 4.90 Å². The summed E-state index contributed by atoms with van der Waals surface area (Å²) in [5.41, 5.74) is 0.548. The number of para-hydroxylation sites is 1. The van der Waals surface area contributed by atoms with Gasteiger partial charge in [-0.3, -0.25) is 19.6 Å². The van der Waals surface area contributed by atoms with Gasteiger partial charge in [0, 0.05) is 68.5 Å². The van der Waals surface area contributed by atoms with E-state index in [4.69, 9.17) is 0 Å². The number of carbonyl (C=O) groups is 1. The average molecular weight is 629 g/mol. The van der Waals surface area contributed by atoms with Crippen molar-refractivity contribution in [3.63, 3.8) is 0 Å². The Bertz CT molecular complexity index is 1620. The van der Waals surface area contributed by atoms with Crippen molar-refractivity contribution in [2.75, 3.05) is 39.3 Å². The highest BCUT2D eigenvalue weighted by molar-refractivity contribution is 5.94. The van der Waals surface area contributed by atoms with E-state index in [0.29, 0.717) is 50.9 Å². The molecule has 0 saturated carbocycles. The third-order valence-electron chi connectivity index (χ3n) is 8.39. The molecule has 1 atom stereocenters. The number of aromatic nitrogens is 1. The lowest BCUT2D eigenvalue weighted by molar-refractivity contribution is -0.143. The average Bonchev–Trinajstić information content (AvgIpc) is 3.02. The fourth-order valence-electron chi connectivity index (χ4n) is 6.01. The van der Waals surface area contributed by atoms with Gasteiger partial charge in [0.25, 0.3) is 5.91 Å². The molecule has 1 aliphatic rings. The number of amides is 1. The summed E-state index contributed by atoms with van der Waals surface area (Å²) in [5.74, 6) is -0.0509. The summed E-state index contributed by atoms with van der Waals surface area (Å²) in [5, 5.41) is 0.967. The van der Waals surface area contributed by atoms with Crippen molar-refractivity contribution in [2.45, 2.75) is 38.8 Å². The summed E-state index contributed by atoms with van der Waals surface area (Å²) >= 11 is 0. The van der Waals surface area contributed by atoms with Crippen molar-refractivity contribution < 1.29 is 31.1 Å². The van der Waals surface area contributed by atoms with Crippen LogP contribution in [-0.4, -0.2) is 64.9 Å². The molecule has 0 bridgehead atoms. The van der Waals surface area contributed by atoms with E-state index >= 15 is 0 Å². The number of nitrogens with zero attached hydrogens (tertiary/aromatic N) is 4. The quantitative estimate of drug-likeness (QED) is 0.188. The van der Waals surface area contributed by atoms with Crippen LogP contribution < -0.4 is 0 Å². The van der Waals surface area contributed by atoms with Crippen LogP contribution in [0.2, 0.25) is 0 Å². The molecule has 1 unspecified atom stereocenters. The highest BCUT2D eigenvalue weighted by Gasteiger charge is 2.38. The fraction of sp³-hybridized carbons (Fsp3) is 0.353. The first-order valence-electron chi connectivity index (χ1n) is 14.9. The highest BCUT2D eigenvalue weighted by Crippen LogP contribution is 2.38.